The van der Waals surface area contributed by atoms with Crippen molar-refractivity contribution in [2.24, 2.45) is 5.73 Å². The van der Waals surface area contributed by atoms with E-state index in [2.05, 4.69) is 5.32 Å². The highest BCUT2D eigenvalue weighted by Gasteiger charge is 2.25. The summed E-state index contributed by atoms with van der Waals surface area (Å²) in [6.07, 6.45) is 1.65. The van der Waals surface area contributed by atoms with Crippen LogP contribution in [-0.4, -0.2) is 67.4 Å². The Labute approximate surface area is 108 Å². The lowest BCUT2D eigenvalue weighted by Gasteiger charge is -2.35. The van der Waals surface area contributed by atoms with Crippen LogP contribution in [0, 0.1) is 0 Å². The van der Waals surface area contributed by atoms with Crippen molar-refractivity contribution in [2.45, 2.75) is 25.8 Å². The summed E-state index contributed by atoms with van der Waals surface area (Å²) >= 11 is 0. The van der Waals surface area contributed by atoms with Gasteiger partial charge in [0, 0.05) is 33.2 Å². The first kappa shape index (κ1) is 14.9. The number of likely N-dealkylation sites (N-methyl/N-ethyl adjacent to an activating group) is 1. The first-order chi connectivity index (χ1) is 8.58. The molecule has 0 aliphatic carbocycles. The van der Waals surface area contributed by atoms with E-state index in [1.807, 2.05) is 11.8 Å². The molecule has 0 aromatic heterocycles. The van der Waals surface area contributed by atoms with Crippen LogP contribution < -0.4 is 11.1 Å². The zero-order valence-corrected chi connectivity index (χ0v) is 11.3. The summed E-state index contributed by atoms with van der Waals surface area (Å²) in [5.74, 6) is 0.0499. The van der Waals surface area contributed by atoms with Gasteiger partial charge in [0.2, 0.25) is 11.8 Å². The van der Waals surface area contributed by atoms with Gasteiger partial charge >= 0.3 is 0 Å². The van der Waals surface area contributed by atoms with Crippen LogP contribution in [-0.2, 0) is 9.59 Å². The molecule has 1 rings (SSSR count). The lowest BCUT2D eigenvalue weighted by molar-refractivity contribution is -0.134. The Bertz CT molecular complexity index is 288. The van der Waals surface area contributed by atoms with Gasteiger partial charge in [-0.1, -0.05) is 13.3 Å². The fraction of sp³-hybridized carbons (Fsp3) is 0.833. The maximum Gasteiger partial charge on any atom is 0.239 e. The molecule has 0 aromatic rings. The van der Waals surface area contributed by atoms with E-state index in [1.54, 1.807) is 11.9 Å². The average molecular weight is 256 g/mol. The van der Waals surface area contributed by atoms with E-state index in [4.69, 9.17) is 5.73 Å². The molecule has 1 fully saturated rings. The molecule has 0 unspecified atom stereocenters. The fourth-order valence-corrected chi connectivity index (χ4v) is 2.08. The molecule has 3 N–H and O–H groups in total. The molecule has 0 radical (unpaired) electrons. The van der Waals surface area contributed by atoms with Gasteiger partial charge in [-0.05, 0) is 6.42 Å². The Kier molecular flexibility index (Phi) is 6.07. The molecular formula is C12H24N4O2. The van der Waals surface area contributed by atoms with Crippen molar-refractivity contribution in [3.8, 4) is 0 Å². The van der Waals surface area contributed by atoms with Gasteiger partial charge in [-0.2, -0.15) is 0 Å². The van der Waals surface area contributed by atoms with E-state index >= 15 is 0 Å². The maximum absolute atomic E-state index is 12.0. The van der Waals surface area contributed by atoms with Crippen molar-refractivity contribution in [3.63, 3.8) is 0 Å². The van der Waals surface area contributed by atoms with Gasteiger partial charge in [0.1, 0.15) is 0 Å². The zero-order chi connectivity index (χ0) is 13.5. The van der Waals surface area contributed by atoms with Crippen molar-refractivity contribution in [2.75, 3.05) is 39.8 Å². The monoisotopic (exact) mass is 256 g/mol. The van der Waals surface area contributed by atoms with Crippen LogP contribution in [0.25, 0.3) is 0 Å². The average Bonchev–Trinajstić information content (AvgIpc) is 2.39. The number of amides is 2. The summed E-state index contributed by atoms with van der Waals surface area (Å²) in [7, 11) is 1.63. The Morgan fingerprint density at radius 2 is 1.89 bits per heavy atom. The van der Waals surface area contributed by atoms with Crippen molar-refractivity contribution < 1.29 is 9.59 Å². The Morgan fingerprint density at radius 1 is 1.28 bits per heavy atom. The van der Waals surface area contributed by atoms with Gasteiger partial charge in [-0.25, -0.2) is 0 Å². The molecule has 0 aromatic carbocycles. The number of carbonyl (C=O) groups excluding carboxylic acids is 2. The third-order valence-corrected chi connectivity index (χ3v) is 3.25. The highest BCUT2D eigenvalue weighted by Crippen LogP contribution is 2.05. The molecule has 1 saturated heterocycles. The Balaban J connectivity index is 2.34. The maximum atomic E-state index is 12.0. The van der Waals surface area contributed by atoms with E-state index < -0.39 is 0 Å². The van der Waals surface area contributed by atoms with Gasteiger partial charge in [0.25, 0.3) is 0 Å². The second-order valence-electron chi connectivity index (χ2n) is 4.67. The quantitative estimate of drug-likeness (QED) is 0.661. The highest BCUT2D eigenvalue weighted by atomic mass is 16.2. The smallest absolute Gasteiger partial charge is 0.239 e. The van der Waals surface area contributed by atoms with Crippen LogP contribution >= 0.6 is 0 Å². The van der Waals surface area contributed by atoms with Crippen LogP contribution in [0.2, 0.25) is 0 Å². The fourth-order valence-electron chi connectivity index (χ4n) is 2.08. The molecule has 0 bridgehead atoms. The minimum Gasteiger partial charge on any atom is -0.358 e. The van der Waals surface area contributed by atoms with Crippen molar-refractivity contribution in [3.05, 3.63) is 0 Å². The number of nitrogens with two attached hydrogens (primary N) is 1. The molecule has 6 heteroatoms. The molecule has 0 saturated carbocycles. The number of rotatable bonds is 5. The topological polar surface area (TPSA) is 78.7 Å². The molecule has 1 aliphatic rings. The Morgan fingerprint density at radius 3 is 2.39 bits per heavy atom. The Hall–Kier alpha value is -1.14. The number of piperazine rings is 1. The second kappa shape index (κ2) is 7.33. The third-order valence-electron chi connectivity index (χ3n) is 3.25. The van der Waals surface area contributed by atoms with E-state index in [-0.39, 0.29) is 17.9 Å². The van der Waals surface area contributed by atoms with Crippen LogP contribution in [0.5, 0.6) is 0 Å². The molecule has 104 valence electrons. The molecule has 6 nitrogen and oxygen atoms in total. The second-order valence-corrected chi connectivity index (χ2v) is 4.67. The molecule has 1 atom stereocenters. The molecule has 1 aliphatic heterocycles. The van der Waals surface area contributed by atoms with E-state index in [0.29, 0.717) is 19.6 Å². The van der Waals surface area contributed by atoms with Gasteiger partial charge in [-0.15, -0.1) is 0 Å². The summed E-state index contributed by atoms with van der Waals surface area (Å²) in [6, 6.07) is -0.375. The van der Waals surface area contributed by atoms with Gasteiger partial charge in [0.05, 0.1) is 12.6 Å². The lowest BCUT2D eigenvalue weighted by Crippen LogP contribution is -2.54. The predicted octanol–water partition coefficient (Wildman–Crippen LogP) is -0.996. The number of carbonyl (C=O) groups is 2. The first-order valence-electron chi connectivity index (χ1n) is 6.55. The van der Waals surface area contributed by atoms with Crippen LogP contribution in [0.1, 0.15) is 19.8 Å². The molecule has 18 heavy (non-hydrogen) atoms. The third kappa shape index (κ3) is 4.27. The van der Waals surface area contributed by atoms with Crippen molar-refractivity contribution >= 4 is 11.8 Å². The van der Waals surface area contributed by atoms with Crippen molar-refractivity contribution in [1.29, 1.82) is 0 Å². The van der Waals surface area contributed by atoms with E-state index in [0.717, 1.165) is 25.9 Å². The van der Waals surface area contributed by atoms with Crippen LogP contribution in [0.15, 0.2) is 0 Å². The minimum atomic E-state index is -0.375. The zero-order valence-electron chi connectivity index (χ0n) is 11.3. The van der Waals surface area contributed by atoms with Crippen LogP contribution in [0.3, 0.4) is 0 Å². The number of nitrogens with one attached hydrogen (secondary N) is 1. The van der Waals surface area contributed by atoms with Crippen LogP contribution in [0.4, 0.5) is 0 Å². The minimum absolute atomic E-state index is 0.0115. The SMILES string of the molecule is CCC[C@@H](N)C(=O)N1CCN(CC(=O)NC)CC1. The van der Waals surface area contributed by atoms with Gasteiger partial charge < -0.3 is 16.0 Å². The highest BCUT2D eigenvalue weighted by molar-refractivity contribution is 5.81. The van der Waals surface area contributed by atoms with Gasteiger partial charge in [-0.3, -0.25) is 14.5 Å². The summed E-state index contributed by atoms with van der Waals surface area (Å²) in [5.41, 5.74) is 5.83. The lowest BCUT2D eigenvalue weighted by atomic mass is 10.1. The molecular weight excluding hydrogens is 232 g/mol. The van der Waals surface area contributed by atoms with Crippen molar-refractivity contribution in [1.82, 2.24) is 15.1 Å². The molecule has 2 amide bonds. The standard InChI is InChI=1S/C12H24N4O2/c1-3-4-10(13)12(18)16-7-5-15(6-8-16)9-11(17)14-2/h10H,3-9,13H2,1-2H3,(H,14,17)/t10-/m1/s1. The summed E-state index contributed by atoms with van der Waals surface area (Å²) < 4.78 is 0. The molecule has 1 heterocycles. The largest absolute Gasteiger partial charge is 0.358 e. The predicted molar refractivity (Wildman–Crippen MR) is 70.0 cm³/mol. The number of hydrogen-bond donors (Lipinski definition) is 2. The first-order valence-corrected chi connectivity index (χ1v) is 6.55. The summed E-state index contributed by atoms with van der Waals surface area (Å²) in [6.45, 7) is 5.21. The molecule has 0 spiro atoms. The van der Waals surface area contributed by atoms with E-state index in [9.17, 15) is 9.59 Å². The number of nitrogens with zero attached hydrogens (tertiary/aromatic N) is 2. The summed E-state index contributed by atoms with van der Waals surface area (Å²) in [5, 5.41) is 2.60. The normalized spacial score (nSPS) is 18.5. The van der Waals surface area contributed by atoms with Gasteiger partial charge in [0.15, 0.2) is 0 Å². The van der Waals surface area contributed by atoms with E-state index in [1.165, 1.54) is 0 Å². The summed E-state index contributed by atoms with van der Waals surface area (Å²) in [4.78, 5) is 27.1. The number of hydrogen-bond acceptors (Lipinski definition) is 4.